The van der Waals surface area contributed by atoms with Crippen molar-refractivity contribution < 1.29 is 14.5 Å². The van der Waals surface area contributed by atoms with Gasteiger partial charge in [-0.1, -0.05) is 24.3 Å². The largest absolute Gasteiger partial charge is 0.397 e. The predicted octanol–water partition coefficient (Wildman–Crippen LogP) is 3.33. The van der Waals surface area contributed by atoms with Crippen molar-refractivity contribution in [2.75, 3.05) is 5.73 Å². The molecule has 0 saturated heterocycles. The Hall–Kier alpha value is -4.33. The Labute approximate surface area is 178 Å². The van der Waals surface area contributed by atoms with E-state index in [2.05, 4.69) is 10.3 Å². The number of carbonyl (C=O) groups is 2. The number of hydrogen-bond acceptors (Lipinski definition) is 6. The van der Waals surface area contributed by atoms with Crippen LogP contribution < -0.4 is 11.1 Å². The van der Waals surface area contributed by atoms with E-state index in [-0.39, 0.29) is 23.8 Å². The third kappa shape index (κ3) is 6.07. The molecule has 0 saturated carbocycles. The molecule has 0 unspecified atom stereocenters. The Morgan fingerprint density at radius 3 is 2.42 bits per heavy atom. The quantitative estimate of drug-likeness (QED) is 0.251. The lowest BCUT2D eigenvalue weighted by atomic mass is 10.0. The Bertz CT molecular complexity index is 1120. The molecular weight excluding hydrogens is 396 g/mol. The van der Waals surface area contributed by atoms with Gasteiger partial charge in [0.05, 0.1) is 16.8 Å². The first-order valence-electron chi connectivity index (χ1n) is 9.43. The molecule has 0 aliphatic heterocycles. The van der Waals surface area contributed by atoms with Crippen molar-refractivity contribution in [3.05, 3.63) is 105 Å². The Morgan fingerprint density at radius 1 is 1.06 bits per heavy atom. The van der Waals surface area contributed by atoms with Gasteiger partial charge in [0.15, 0.2) is 5.78 Å². The number of Topliss-reactive ketones (excluding diaryl/α,β-unsaturated/α-hetero) is 1. The highest BCUT2D eigenvalue weighted by Gasteiger charge is 2.09. The first-order chi connectivity index (χ1) is 14.9. The number of nitrogens with two attached hydrogens (primary N) is 1. The van der Waals surface area contributed by atoms with Gasteiger partial charge in [-0.3, -0.25) is 24.7 Å². The molecule has 156 valence electrons. The van der Waals surface area contributed by atoms with Gasteiger partial charge >= 0.3 is 0 Å². The summed E-state index contributed by atoms with van der Waals surface area (Å²) in [6.45, 7) is 0.301. The summed E-state index contributed by atoms with van der Waals surface area (Å²) in [4.78, 5) is 38.5. The van der Waals surface area contributed by atoms with E-state index in [4.69, 9.17) is 5.73 Å². The van der Waals surface area contributed by atoms with E-state index in [0.29, 0.717) is 23.4 Å². The number of carbonyl (C=O) groups excluding carboxylic acids is 2. The molecule has 31 heavy (non-hydrogen) atoms. The van der Waals surface area contributed by atoms with Crippen LogP contribution in [0.15, 0.2) is 73.1 Å². The molecule has 8 heteroatoms. The van der Waals surface area contributed by atoms with E-state index < -0.39 is 4.92 Å². The standard InChI is InChI=1S/C23H20N4O4/c24-21-15-25-12-11-19(21)13-22(28)18-6-1-17(2-7-18)14-26-23(29)10-5-16-3-8-20(9-4-16)27(30)31/h1-12,15H,13-14,24H2,(H,26,29)/b10-5+. The van der Waals surface area contributed by atoms with E-state index in [9.17, 15) is 19.7 Å². The lowest BCUT2D eigenvalue weighted by Gasteiger charge is -2.06. The Balaban J connectivity index is 1.51. The van der Waals surface area contributed by atoms with Crippen molar-refractivity contribution in [2.24, 2.45) is 0 Å². The summed E-state index contributed by atoms with van der Waals surface area (Å²) in [5, 5.41) is 13.4. The molecule has 3 N–H and O–H groups in total. The number of pyridine rings is 1. The molecule has 0 atom stereocenters. The summed E-state index contributed by atoms with van der Waals surface area (Å²) in [6, 6.07) is 14.6. The lowest BCUT2D eigenvalue weighted by Crippen LogP contribution is -2.20. The monoisotopic (exact) mass is 416 g/mol. The molecule has 0 spiro atoms. The number of nitrogens with one attached hydrogen (secondary N) is 1. The Morgan fingerprint density at radius 2 is 1.77 bits per heavy atom. The van der Waals surface area contributed by atoms with Crippen LogP contribution in [-0.2, 0) is 17.8 Å². The third-order valence-corrected chi connectivity index (χ3v) is 4.57. The van der Waals surface area contributed by atoms with Crippen LogP contribution in [0.25, 0.3) is 6.08 Å². The number of nitro groups is 1. The van der Waals surface area contributed by atoms with E-state index in [1.54, 1.807) is 54.7 Å². The first-order valence-corrected chi connectivity index (χ1v) is 9.43. The average molecular weight is 416 g/mol. The molecule has 3 aromatic rings. The number of nitrogens with zero attached hydrogens (tertiary/aromatic N) is 2. The lowest BCUT2D eigenvalue weighted by molar-refractivity contribution is -0.384. The smallest absolute Gasteiger partial charge is 0.269 e. The fourth-order valence-corrected chi connectivity index (χ4v) is 2.81. The number of benzene rings is 2. The van der Waals surface area contributed by atoms with Gasteiger partial charge in [0.1, 0.15) is 0 Å². The van der Waals surface area contributed by atoms with Crippen molar-refractivity contribution in [1.82, 2.24) is 10.3 Å². The SMILES string of the molecule is Nc1cnccc1CC(=O)c1ccc(CNC(=O)/C=C/c2ccc([N+](=O)[O-])cc2)cc1. The number of nitro benzene ring substituents is 1. The Kier molecular flexibility index (Phi) is 6.85. The molecule has 0 radical (unpaired) electrons. The van der Waals surface area contributed by atoms with Crippen LogP contribution in [0.2, 0.25) is 0 Å². The molecule has 0 aliphatic carbocycles. The predicted molar refractivity (Wildman–Crippen MR) is 117 cm³/mol. The number of rotatable bonds is 8. The molecule has 0 bridgehead atoms. The van der Waals surface area contributed by atoms with E-state index in [1.807, 2.05) is 0 Å². The van der Waals surface area contributed by atoms with Gasteiger partial charge in [0.2, 0.25) is 5.91 Å². The van der Waals surface area contributed by atoms with E-state index in [1.165, 1.54) is 24.4 Å². The van der Waals surface area contributed by atoms with Crippen LogP contribution in [0.5, 0.6) is 0 Å². The van der Waals surface area contributed by atoms with Gasteiger partial charge in [-0.15, -0.1) is 0 Å². The molecule has 2 aromatic carbocycles. The van der Waals surface area contributed by atoms with Gasteiger partial charge in [0.25, 0.3) is 5.69 Å². The average Bonchev–Trinajstić information content (AvgIpc) is 2.78. The molecule has 3 rings (SSSR count). The second kappa shape index (κ2) is 9.93. The highest BCUT2D eigenvalue weighted by Crippen LogP contribution is 2.14. The highest BCUT2D eigenvalue weighted by molar-refractivity contribution is 5.98. The highest BCUT2D eigenvalue weighted by atomic mass is 16.6. The topological polar surface area (TPSA) is 128 Å². The van der Waals surface area contributed by atoms with E-state index >= 15 is 0 Å². The van der Waals surface area contributed by atoms with Crippen molar-refractivity contribution in [3.63, 3.8) is 0 Å². The fraction of sp³-hybridized carbons (Fsp3) is 0.0870. The van der Waals surface area contributed by atoms with Crippen LogP contribution in [0.1, 0.15) is 27.0 Å². The molecule has 8 nitrogen and oxygen atoms in total. The summed E-state index contributed by atoms with van der Waals surface area (Å²) < 4.78 is 0. The number of amides is 1. The second-order valence-corrected chi connectivity index (χ2v) is 6.77. The third-order valence-electron chi connectivity index (χ3n) is 4.57. The van der Waals surface area contributed by atoms with Gasteiger partial charge in [-0.2, -0.15) is 0 Å². The van der Waals surface area contributed by atoms with Crippen LogP contribution >= 0.6 is 0 Å². The van der Waals surface area contributed by atoms with Gasteiger partial charge in [-0.25, -0.2) is 0 Å². The van der Waals surface area contributed by atoms with Crippen LogP contribution in [0.3, 0.4) is 0 Å². The van der Waals surface area contributed by atoms with Crippen molar-refractivity contribution in [3.8, 4) is 0 Å². The zero-order chi connectivity index (χ0) is 22.2. The molecule has 0 aliphatic rings. The number of aromatic nitrogens is 1. The zero-order valence-electron chi connectivity index (χ0n) is 16.5. The number of anilines is 1. The maximum atomic E-state index is 12.4. The van der Waals surface area contributed by atoms with Crippen LogP contribution in [0.4, 0.5) is 11.4 Å². The minimum absolute atomic E-state index is 0.00669. The number of ketones is 1. The summed E-state index contributed by atoms with van der Waals surface area (Å²) >= 11 is 0. The molecule has 1 aromatic heterocycles. The summed E-state index contributed by atoms with van der Waals surface area (Å²) in [6.07, 6.45) is 6.24. The molecule has 0 fully saturated rings. The second-order valence-electron chi connectivity index (χ2n) is 6.77. The zero-order valence-corrected chi connectivity index (χ0v) is 16.5. The maximum absolute atomic E-state index is 12.4. The maximum Gasteiger partial charge on any atom is 0.269 e. The first kappa shape index (κ1) is 21.4. The van der Waals surface area contributed by atoms with Crippen molar-refractivity contribution in [2.45, 2.75) is 13.0 Å². The molecule has 1 amide bonds. The van der Waals surface area contributed by atoms with E-state index in [0.717, 1.165) is 11.1 Å². The summed E-state index contributed by atoms with van der Waals surface area (Å²) in [5.41, 5.74) is 9.12. The normalized spacial score (nSPS) is 10.7. The fourth-order valence-electron chi connectivity index (χ4n) is 2.81. The van der Waals surface area contributed by atoms with Crippen LogP contribution in [-0.4, -0.2) is 21.6 Å². The van der Waals surface area contributed by atoms with Crippen molar-refractivity contribution >= 4 is 29.1 Å². The van der Waals surface area contributed by atoms with Gasteiger partial charge in [0, 0.05) is 42.9 Å². The number of hydrogen-bond donors (Lipinski definition) is 2. The minimum Gasteiger partial charge on any atom is -0.397 e. The van der Waals surface area contributed by atoms with Crippen LogP contribution in [0, 0.1) is 10.1 Å². The van der Waals surface area contributed by atoms with Gasteiger partial charge in [-0.05, 0) is 41.0 Å². The van der Waals surface area contributed by atoms with Crippen molar-refractivity contribution in [1.29, 1.82) is 0 Å². The summed E-state index contributed by atoms with van der Waals surface area (Å²) in [5.74, 6) is -0.355. The minimum atomic E-state index is -0.479. The number of non-ortho nitro benzene ring substituents is 1. The summed E-state index contributed by atoms with van der Waals surface area (Å²) in [7, 11) is 0. The molecular formula is C23H20N4O4. The number of nitrogen functional groups attached to an aromatic ring is 1. The van der Waals surface area contributed by atoms with Gasteiger partial charge < -0.3 is 11.1 Å². The molecule has 1 heterocycles.